The number of thiophene rings is 1. The molecule has 0 amide bonds. The summed E-state index contributed by atoms with van der Waals surface area (Å²) in [5.41, 5.74) is 10.1. The van der Waals surface area contributed by atoms with E-state index in [1.54, 1.807) is 0 Å². The largest absolute Gasteiger partial charge is 0.310 e. The van der Waals surface area contributed by atoms with Crippen LogP contribution in [0.5, 0.6) is 0 Å². The van der Waals surface area contributed by atoms with Gasteiger partial charge in [0.1, 0.15) is 0 Å². The minimum Gasteiger partial charge on any atom is -0.310 e. The van der Waals surface area contributed by atoms with Crippen LogP contribution in [0.3, 0.4) is 0 Å². The topological polar surface area (TPSA) is 3.24 Å². The second-order valence-electron chi connectivity index (χ2n) is 12.2. The molecule has 0 radical (unpaired) electrons. The summed E-state index contributed by atoms with van der Waals surface area (Å²) in [5, 5.41) is 2.53. The van der Waals surface area contributed by atoms with Crippen LogP contribution in [0, 0.1) is 0 Å². The summed E-state index contributed by atoms with van der Waals surface area (Å²) in [5.74, 6) is 0. The van der Waals surface area contributed by atoms with Crippen molar-refractivity contribution in [3.05, 3.63) is 200 Å². The van der Waals surface area contributed by atoms with Crippen molar-refractivity contribution in [3.8, 4) is 44.5 Å². The molecule has 1 nitrogen and oxygen atoms in total. The molecule has 1 aromatic heterocycles. The molecule has 0 bridgehead atoms. The molecule has 0 spiro atoms. The standard InChI is InChI=1S/C48H33NS/c1-4-12-34(13-5-1)37-20-25-42(26-21-37)49(44-31-40(35-14-6-2-7-15-35)30-41(32-44)36-16-8-3-9-17-36)43-27-22-38(23-28-43)39-24-29-48-46(33-39)45-18-10-11-19-47(45)50-48/h1-33H/i1D,4D,5D,12D,13D. The van der Waals surface area contributed by atoms with Crippen molar-refractivity contribution in [2.75, 3.05) is 4.90 Å². The molecule has 0 N–H and O–H groups in total. The third kappa shape index (κ3) is 5.77. The second kappa shape index (κ2) is 13.0. The fraction of sp³-hybridized carbons (Fsp3) is 0. The highest BCUT2D eigenvalue weighted by Gasteiger charge is 2.17. The number of benzene rings is 8. The van der Waals surface area contributed by atoms with Crippen LogP contribution >= 0.6 is 11.3 Å². The van der Waals surface area contributed by atoms with E-state index in [2.05, 4.69) is 138 Å². The van der Waals surface area contributed by atoms with Gasteiger partial charge in [-0.3, -0.25) is 0 Å². The number of hydrogen-bond donors (Lipinski definition) is 0. The summed E-state index contributed by atoms with van der Waals surface area (Å²) in [4.78, 5) is 2.21. The predicted molar refractivity (Wildman–Crippen MR) is 216 cm³/mol. The lowest BCUT2D eigenvalue weighted by atomic mass is 9.97. The lowest BCUT2D eigenvalue weighted by molar-refractivity contribution is 1.28. The van der Waals surface area contributed by atoms with Crippen LogP contribution in [0.2, 0.25) is 0 Å². The molecule has 0 unspecified atom stereocenters. The maximum atomic E-state index is 8.57. The maximum Gasteiger partial charge on any atom is 0.0629 e. The van der Waals surface area contributed by atoms with Crippen molar-refractivity contribution in [1.82, 2.24) is 0 Å². The Balaban J connectivity index is 1.19. The van der Waals surface area contributed by atoms with Gasteiger partial charge >= 0.3 is 0 Å². The molecule has 0 aliphatic heterocycles. The maximum absolute atomic E-state index is 8.57. The van der Waals surface area contributed by atoms with Gasteiger partial charge in [0, 0.05) is 37.2 Å². The SMILES string of the molecule is [2H]c1c([2H])c([2H])c(-c2ccc(N(c3ccc(-c4ccc5sc6ccccc6c5c4)cc3)c3cc(-c4ccccc4)cc(-c4ccccc4)c3)cc2)c([2H])c1[2H]. The summed E-state index contributed by atoms with van der Waals surface area (Å²) in [6.45, 7) is 0. The molecule has 8 aromatic carbocycles. The summed E-state index contributed by atoms with van der Waals surface area (Å²) < 4.78 is 44.2. The van der Waals surface area contributed by atoms with Crippen molar-refractivity contribution in [2.24, 2.45) is 0 Å². The van der Waals surface area contributed by atoms with E-state index in [0.29, 0.717) is 5.56 Å². The van der Waals surface area contributed by atoms with Gasteiger partial charge < -0.3 is 4.90 Å². The van der Waals surface area contributed by atoms with Crippen LogP contribution in [0.25, 0.3) is 64.7 Å². The Morgan fingerprint density at radius 3 is 1.46 bits per heavy atom. The Morgan fingerprint density at radius 2 is 0.840 bits per heavy atom. The first kappa shape index (κ1) is 24.9. The molecule has 9 aromatic rings. The van der Waals surface area contributed by atoms with E-state index in [1.807, 2.05) is 47.7 Å². The van der Waals surface area contributed by atoms with Crippen LogP contribution in [0.4, 0.5) is 17.1 Å². The fourth-order valence-corrected chi connectivity index (χ4v) is 7.75. The smallest absolute Gasteiger partial charge is 0.0629 e. The van der Waals surface area contributed by atoms with E-state index in [-0.39, 0.29) is 29.7 Å². The van der Waals surface area contributed by atoms with E-state index in [9.17, 15) is 0 Å². The number of anilines is 3. The Morgan fingerprint density at radius 1 is 0.340 bits per heavy atom. The van der Waals surface area contributed by atoms with E-state index in [4.69, 9.17) is 6.85 Å². The molecule has 0 aliphatic rings. The molecule has 0 saturated carbocycles. The molecule has 9 rings (SSSR count). The van der Waals surface area contributed by atoms with Gasteiger partial charge in [0.05, 0.1) is 6.85 Å². The first-order valence-electron chi connectivity index (χ1n) is 19.1. The number of rotatable bonds is 7. The molecule has 50 heavy (non-hydrogen) atoms. The third-order valence-electron chi connectivity index (χ3n) is 9.14. The van der Waals surface area contributed by atoms with Gasteiger partial charge in [0.25, 0.3) is 0 Å². The van der Waals surface area contributed by atoms with Gasteiger partial charge in [-0.25, -0.2) is 0 Å². The van der Waals surface area contributed by atoms with Crippen molar-refractivity contribution in [1.29, 1.82) is 0 Å². The van der Waals surface area contributed by atoms with E-state index in [1.165, 1.54) is 20.2 Å². The van der Waals surface area contributed by atoms with Crippen LogP contribution in [0.15, 0.2) is 200 Å². The Hall–Kier alpha value is -6.22. The van der Waals surface area contributed by atoms with Crippen LogP contribution < -0.4 is 4.90 Å². The predicted octanol–water partition coefficient (Wildman–Crippen LogP) is 14.2. The van der Waals surface area contributed by atoms with Gasteiger partial charge in [-0.1, -0.05) is 139 Å². The fourth-order valence-electron chi connectivity index (χ4n) is 6.66. The van der Waals surface area contributed by atoms with Crippen molar-refractivity contribution < 1.29 is 6.85 Å². The molecule has 0 aliphatic carbocycles. The zero-order chi connectivity index (χ0) is 37.6. The van der Waals surface area contributed by atoms with Crippen molar-refractivity contribution in [3.63, 3.8) is 0 Å². The van der Waals surface area contributed by atoms with Gasteiger partial charge in [0.15, 0.2) is 0 Å². The molecule has 2 heteroatoms. The monoisotopic (exact) mass is 660 g/mol. The van der Waals surface area contributed by atoms with Crippen LogP contribution in [-0.2, 0) is 0 Å². The van der Waals surface area contributed by atoms with Gasteiger partial charge in [0.2, 0.25) is 0 Å². The summed E-state index contributed by atoms with van der Waals surface area (Å²) in [6, 6.07) is 57.3. The second-order valence-corrected chi connectivity index (χ2v) is 13.3. The summed E-state index contributed by atoms with van der Waals surface area (Å²) in [6.07, 6.45) is 0. The Bertz CT molecular complexity index is 2770. The molecule has 0 atom stereocenters. The molecule has 236 valence electrons. The number of hydrogen-bond acceptors (Lipinski definition) is 2. The van der Waals surface area contributed by atoms with Crippen molar-refractivity contribution in [2.45, 2.75) is 0 Å². The first-order valence-corrected chi connectivity index (χ1v) is 17.4. The average Bonchev–Trinajstić information content (AvgIpc) is 3.62. The quantitative estimate of drug-likeness (QED) is 0.164. The highest BCUT2D eigenvalue weighted by molar-refractivity contribution is 7.25. The zero-order valence-corrected chi connectivity index (χ0v) is 27.8. The third-order valence-corrected chi connectivity index (χ3v) is 10.3. The minimum absolute atomic E-state index is 0.182. The molecule has 1 heterocycles. The molecule has 0 fully saturated rings. The lowest BCUT2D eigenvalue weighted by Gasteiger charge is -2.27. The van der Waals surface area contributed by atoms with Crippen LogP contribution in [0.1, 0.15) is 6.85 Å². The van der Waals surface area contributed by atoms with E-state index >= 15 is 0 Å². The minimum atomic E-state index is -0.402. The molecule has 0 saturated heterocycles. The van der Waals surface area contributed by atoms with Crippen LogP contribution in [-0.4, -0.2) is 0 Å². The lowest BCUT2D eigenvalue weighted by Crippen LogP contribution is -2.10. The molecular weight excluding hydrogens is 623 g/mol. The van der Waals surface area contributed by atoms with E-state index in [0.717, 1.165) is 50.4 Å². The average molecular weight is 661 g/mol. The zero-order valence-electron chi connectivity index (χ0n) is 32.0. The highest BCUT2D eigenvalue weighted by atomic mass is 32.1. The summed E-state index contributed by atoms with van der Waals surface area (Å²) >= 11 is 1.81. The summed E-state index contributed by atoms with van der Waals surface area (Å²) in [7, 11) is 0. The Kier molecular flexibility index (Phi) is 6.46. The normalized spacial score (nSPS) is 12.6. The number of fused-ring (bicyclic) bond motifs is 3. The molecular formula is C48H33NS. The first-order chi connectivity index (χ1) is 26.8. The highest BCUT2D eigenvalue weighted by Crippen LogP contribution is 2.42. The van der Waals surface area contributed by atoms with Gasteiger partial charge in [-0.2, -0.15) is 0 Å². The van der Waals surface area contributed by atoms with Gasteiger partial charge in [-0.15, -0.1) is 11.3 Å². The van der Waals surface area contributed by atoms with E-state index < -0.39 is 6.04 Å². The van der Waals surface area contributed by atoms with Crippen molar-refractivity contribution >= 4 is 48.6 Å². The number of nitrogens with zero attached hydrogens (tertiary/aromatic N) is 1. The Labute approximate surface area is 304 Å². The van der Waals surface area contributed by atoms with Gasteiger partial charge in [-0.05, 0) is 105 Å².